The number of nitrogens with zero attached hydrogens (tertiary/aromatic N) is 1. The number of nitro groups is 1. The van der Waals surface area contributed by atoms with E-state index < -0.39 is 32.4 Å². The van der Waals surface area contributed by atoms with Crippen LogP contribution in [0.2, 0.25) is 5.02 Å². The smallest absolute Gasteiger partial charge is 0.289 e. The zero-order valence-corrected chi connectivity index (χ0v) is 16.6. The number of nitro benzene ring substituents is 1. The molecule has 3 aromatic rings. The lowest BCUT2D eigenvalue weighted by Crippen LogP contribution is -2.14. The number of amides is 1. The first kappa shape index (κ1) is 21.2. The van der Waals surface area contributed by atoms with E-state index >= 15 is 0 Å². The Morgan fingerprint density at radius 2 is 1.57 bits per heavy atom. The normalized spacial score (nSPS) is 11.0. The fourth-order valence-corrected chi connectivity index (χ4v) is 3.70. The Balaban J connectivity index is 1.74. The Morgan fingerprint density at radius 3 is 2.17 bits per heavy atom. The molecule has 154 valence electrons. The lowest BCUT2D eigenvalue weighted by molar-refractivity contribution is -0.384. The van der Waals surface area contributed by atoms with E-state index in [-0.39, 0.29) is 21.2 Å². The molecule has 3 aromatic carbocycles. The molecule has 0 spiro atoms. The van der Waals surface area contributed by atoms with Crippen molar-refractivity contribution >= 4 is 44.6 Å². The van der Waals surface area contributed by atoms with Crippen molar-refractivity contribution in [2.45, 2.75) is 4.90 Å². The van der Waals surface area contributed by atoms with Crippen LogP contribution in [-0.4, -0.2) is 19.2 Å². The van der Waals surface area contributed by atoms with Gasteiger partial charge in [0.1, 0.15) is 10.8 Å². The van der Waals surface area contributed by atoms with Crippen molar-refractivity contribution in [1.29, 1.82) is 0 Å². The third kappa shape index (κ3) is 4.91. The van der Waals surface area contributed by atoms with Crippen LogP contribution in [0.25, 0.3) is 0 Å². The summed E-state index contributed by atoms with van der Waals surface area (Å²) >= 11 is 5.70. The van der Waals surface area contributed by atoms with Gasteiger partial charge in [0.05, 0.1) is 9.82 Å². The predicted molar refractivity (Wildman–Crippen MR) is 110 cm³/mol. The first-order valence-electron chi connectivity index (χ1n) is 8.29. The lowest BCUT2D eigenvalue weighted by atomic mass is 10.2. The number of benzene rings is 3. The van der Waals surface area contributed by atoms with Crippen LogP contribution in [0.15, 0.2) is 71.6 Å². The van der Waals surface area contributed by atoms with Gasteiger partial charge in [0.15, 0.2) is 0 Å². The van der Waals surface area contributed by atoms with E-state index in [4.69, 9.17) is 11.6 Å². The summed E-state index contributed by atoms with van der Waals surface area (Å²) in [5, 5.41) is 13.4. The Kier molecular flexibility index (Phi) is 5.99. The zero-order valence-electron chi connectivity index (χ0n) is 15.0. The topological polar surface area (TPSA) is 118 Å². The van der Waals surface area contributed by atoms with Crippen LogP contribution in [-0.2, 0) is 10.0 Å². The Bertz CT molecular complexity index is 1220. The molecule has 11 heteroatoms. The van der Waals surface area contributed by atoms with Gasteiger partial charge in [0.25, 0.3) is 21.6 Å². The molecule has 0 bridgehead atoms. The Labute approximate surface area is 175 Å². The maximum Gasteiger partial charge on any atom is 0.289 e. The lowest BCUT2D eigenvalue weighted by Gasteiger charge is -2.10. The van der Waals surface area contributed by atoms with Gasteiger partial charge in [0.2, 0.25) is 0 Å². The number of nitrogens with one attached hydrogen (secondary N) is 2. The third-order valence-electron chi connectivity index (χ3n) is 3.93. The van der Waals surface area contributed by atoms with E-state index in [0.717, 1.165) is 18.2 Å². The first-order valence-corrected chi connectivity index (χ1v) is 10.2. The number of halogens is 2. The molecule has 1 amide bonds. The number of rotatable bonds is 6. The second-order valence-corrected chi connectivity index (χ2v) is 8.10. The minimum absolute atomic E-state index is 0.144. The molecule has 30 heavy (non-hydrogen) atoms. The van der Waals surface area contributed by atoms with Crippen LogP contribution in [0, 0.1) is 15.9 Å². The van der Waals surface area contributed by atoms with Crippen molar-refractivity contribution in [3.05, 3.63) is 93.2 Å². The summed E-state index contributed by atoms with van der Waals surface area (Å²) in [6.45, 7) is 0. The minimum Gasteiger partial charge on any atom is -0.322 e. The summed E-state index contributed by atoms with van der Waals surface area (Å²) in [5.74, 6) is -0.903. The highest BCUT2D eigenvalue weighted by Gasteiger charge is 2.21. The molecule has 0 saturated carbocycles. The van der Waals surface area contributed by atoms with Crippen LogP contribution in [0.1, 0.15) is 10.4 Å². The average molecular weight is 450 g/mol. The molecule has 0 saturated heterocycles. The van der Waals surface area contributed by atoms with Gasteiger partial charge in [-0.15, -0.1) is 0 Å². The largest absolute Gasteiger partial charge is 0.322 e. The third-order valence-corrected chi connectivity index (χ3v) is 5.62. The van der Waals surface area contributed by atoms with Crippen molar-refractivity contribution in [2.24, 2.45) is 0 Å². The molecule has 0 fully saturated rings. The first-order chi connectivity index (χ1) is 14.2. The summed E-state index contributed by atoms with van der Waals surface area (Å²) in [6, 6.07) is 13.8. The maximum atomic E-state index is 12.9. The van der Waals surface area contributed by atoms with Gasteiger partial charge in [-0.25, -0.2) is 12.8 Å². The molecule has 0 atom stereocenters. The second-order valence-electron chi connectivity index (χ2n) is 6.01. The van der Waals surface area contributed by atoms with Crippen LogP contribution in [0.3, 0.4) is 0 Å². The van der Waals surface area contributed by atoms with Gasteiger partial charge < -0.3 is 5.32 Å². The summed E-state index contributed by atoms with van der Waals surface area (Å²) < 4.78 is 40.2. The molecule has 0 heterocycles. The SMILES string of the molecule is O=C(Nc1ccc(F)cc1)c1ccc(NS(=O)(=O)c2ccc(Cl)c([N+](=O)[O-])c2)cc1. The Hall–Kier alpha value is -3.50. The monoisotopic (exact) mass is 449 g/mol. The Morgan fingerprint density at radius 1 is 0.967 bits per heavy atom. The molecule has 3 rings (SSSR count). The van der Waals surface area contributed by atoms with E-state index in [0.29, 0.717) is 5.69 Å². The molecular weight excluding hydrogens is 437 g/mol. The molecule has 0 unspecified atom stereocenters. The highest BCUT2D eigenvalue weighted by molar-refractivity contribution is 7.92. The zero-order chi connectivity index (χ0) is 21.9. The number of sulfonamides is 1. The van der Waals surface area contributed by atoms with Crippen molar-refractivity contribution in [2.75, 3.05) is 10.0 Å². The van der Waals surface area contributed by atoms with E-state index in [1.54, 1.807) is 0 Å². The average Bonchev–Trinajstić information content (AvgIpc) is 2.70. The number of anilines is 2. The minimum atomic E-state index is -4.12. The molecular formula is C19H13ClFN3O5S. The second kappa shape index (κ2) is 8.47. The van der Waals surface area contributed by atoms with Gasteiger partial charge >= 0.3 is 0 Å². The number of hydrogen-bond acceptors (Lipinski definition) is 5. The summed E-state index contributed by atoms with van der Waals surface area (Å²) in [5.41, 5.74) is 0.248. The molecule has 0 aromatic heterocycles. The fourth-order valence-electron chi connectivity index (χ4n) is 2.44. The summed E-state index contributed by atoms with van der Waals surface area (Å²) in [4.78, 5) is 22.1. The number of carbonyl (C=O) groups is 1. The van der Waals surface area contributed by atoms with Crippen LogP contribution < -0.4 is 10.0 Å². The maximum absolute atomic E-state index is 12.9. The van der Waals surface area contributed by atoms with E-state index in [1.165, 1.54) is 48.5 Å². The van der Waals surface area contributed by atoms with Gasteiger partial charge in [-0.05, 0) is 60.7 Å². The van der Waals surface area contributed by atoms with Gasteiger partial charge in [0, 0.05) is 23.0 Å². The molecule has 0 radical (unpaired) electrons. The quantitative estimate of drug-likeness (QED) is 0.426. The van der Waals surface area contributed by atoms with Crippen molar-refractivity contribution in [3.8, 4) is 0 Å². The van der Waals surface area contributed by atoms with Crippen LogP contribution in [0.5, 0.6) is 0 Å². The standard InChI is InChI=1S/C19H13ClFN3O5S/c20-17-10-9-16(11-18(17)24(26)27)30(28,29)23-15-5-1-12(2-6-15)19(25)22-14-7-3-13(21)4-8-14/h1-11,23H,(H,22,25). The van der Waals surface area contributed by atoms with E-state index in [2.05, 4.69) is 10.0 Å². The highest BCUT2D eigenvalue weighted by Crippen LogP contribution is 2.28. The van der Waals surface area contributed by atoms with Crippen molar-refractivity contribution in [1.82, 2.24) is 0 Å². The predicted octanol–water partition coefficient (Wildman–Crippen LogP) is 4.44. The fraction of sp³-hybridized carbons (Fsp3) is 0. The van der Waals surface area contributed by atoms with Gasteiger partial charge in [-0.2, -0.15) is 0 Å². The summed E-state index contributed by atoms with van der Waals surface area (Å²) in [6.07, 6.45) is 0. The highest BCUT2D eigenvalue weighted by atomic mass is 35.5. The van der Waals surface area contributed by atoms with Gasteiger partial charge in [-0.1, -0.05) is 11.6 Å². The van der Waals surface area contributed by atoms with Crippen LogP contribution in [0.4, 0.5) is 21.5 Å². The van der Waals surface area contributed by atoms with E-state index in [1.807, 2.05) is 0 Å². The van der Waals surface area contributed by atoms with Gasteiger partial charge in [-0.3, -0.25) is 19.6 Å². The van der Waals surface area contributed by atoms with Crippen molar-refractivity contribution < 1.29 is 22.5 Å². The summed E-state index contributed by atoms with van der Waals surface area (Å²) in [7, 11) is -4.12. The number of hydrogen-bond donors (Lipinski definition) is 2. The molecule has 8 nitrogen and oxygen atoms in total. The van der Waals surface area contributed by atoms with Crippen molar-refractivity contribution in [3.63, 3.8) is 0 Å². The molecule has 0 aliphatic carbocycles. The molecule has 2 N–H and O–H groups in total. The van der Waals surface area contributed by atoms with Crippen LogP contribution >= 0.6 is 11.6 Å². The number of carbonyl (C=O) groups excluding carboxylic acids is 1. The molecule has 0 aliphatic heterocycles. The molecule has 0 aliphatic rings. The van der Waals surface area contributed by atoms with E-state index in [9.17, 15) is 27.7 Å².